The van der Waals surface area contributed by atoms with Crippen LogP contribution in [0.25, 0.3) is 10.9 Å². The summed E-state index contributed by atoms with van der Waals surface area (Å²) in [4.78, 5) is 30.1. The molecule has 1 saturated carbocycles. The smallest absolute Gasteiger partial charge is 0.259 e. The molecule has 154 valence electrons. The van der Waals surface area contributed by atoms with Gasteiger partial charge in [0, 0.05) is 57.4 Å². The first-order chi connectivity index (χ1) is 14.1. The van der Waals surface area contributed by atoms with Crippen LogP contribution in [0.4, 0.5) is 10.1 Å². The fourth-order valence-corrected chi connectivity index (χ4v) is 5.06. The van der Waals surface area contributed by atoms with Gasteiger partial charge in [0.05, 0.1) is 11.2 Å². The quantitative estimate of drug-likeness (QED) is 0.860. The van der Waals surface area contributed by atoms with Gasteiger partial charge < -0.3 is 19.7 Å². The van der Waals surface area contributed by atoms with Crippen molar-refractivity contribution < 1.29 is 9.18 Å². The van der Waals surface area contributed by atoms with Crippen molar-refractivity contribution in [1.29, 1.82) is 0 Å². The van der Waals surface area contributed by atoms with E-state index in [-0.39, 0.29) is 22.3 Å². The van der Waals surface area contributed by atoms with Gasteiger partial charge in [0.25, 0.3) is 5.91 Å². The number of fused-ring (bicyclic) bond motifs is 2. The number of nitrogens with one attached hydrogen (secondary N) is 1. The molecule has 1 aliphatic carbocycles. The van der Waals surface area contributed by atoms with Crippen LogP contribution in [-0.4, -0.2) is 54.6 Å². The Morgan fingerprint density at radius 3 is 2.48 bits per heavy atom. The number of pyridine rings is 1. The number of anilines is 1. The lowest BCUT2D eigenvalue weighted by Crippen LogP contribution is -2.44. The molecule has 3 aliphatic rings. The fraction of sp³-hybridized carbons (Fsp3) is 0.545. The van der Waals surface area contributed by atoms with Crippen molar-refractivity contribution in [3.05, 3.63) is 39.9 Å². The van der Waals surface area contributed by atoms with Gasteiger partial charge in [0.15, 0.2) is 0 Å². The van der Waals surface area contributed by atoms with Crippen LogP contribution in [0.5, 0.6) is 0 Å². The van der Waals surface area contributed by atoms with Gasteiger partial charge in [0.2, 0.25) is 5.43 Å². The molecule has 1 aromatic heterocycles. The van der Waals surface area contributed by atoms with Gasteiger partial charge in [-0.15, -0.1) is 0 Å². The van der Waals surface area contributed by atoms with Gasteiger partial charge in [-0.1, -0.05) is 0 Å². The van der Waals surface area contributed by atoms with Crippen LogP contribution in [0.3, 0.4) is 0 Å². The molecule has 29 heavy (non-hydrogen) atoms. The molecule has 7 heteroatoms. The van der Waals surface area contributed by atoms with E-state index >= 15 is 0 Å². The minimum absolute atomic E-state index is 0.162. The zero-order valence-corrected chi connectivity index (χ0v) is 16.8. The SMILES string of the molecule is CCn1cc(C(=O)N2C[C@H]3CC[C@H]3C2)c(=O)c2cc(F)c(N3CCNCC3)cc21. The van der Waals surface area contributed by atoms with Crippen LogP contribution in [0.1, 0.15) is 30.1 Å². The predicted molar refractivity (Wildman–Crippen MR) is 111 cm³/mol. The third-order valence-corrected chi connectivity index (χ3v) is 6.95. The number of aromatic nitrogens is 1. The third-order valence-electron chi connectivity index (χ3n) is 6.95. The molecule has 3 fully saturated rings. The second-order valence-electron chi connectivity index (χ2n) is 8.52. The van der Waals surface area contributed by atoms with Crippen LogP contribution < -0.4 is 15.6 Å². The van der Waals surface area contributed by atoms with Crippen LogP contribution in [-0.2, 0) is 6.54 Å². The highest BCUT2D eigenvalue weighted by molar-refractivity contribution is 5.98. The summed E-state index contributed by atoms with van der Waals surface area (Å²) < 4.78 is 16.9. The topological polar surface area (TPSA) is 57.6 Å². The second kappa shape index (κ2) is 7.13. The van der Waals surface area contributed by atoms with Crippen molar-refractivity contribution in [2.75, 3.05) is 44.2 Å². The lowest BCUT2D eigenvalue weighted by atomic mass is 9.77. The van der Waals surface area contributed by atoms with Crippen molar-refractivity contribution in [2.45, 2.75) is 26.3 Å². The van der Waals surface area contributed by atoms with Gasteiger partial charge in [0.1, 0.15) is 11.4 Å². The Morgan fingerprint density at radius 2 is 1.86 bits per heavy atom. The first kappa shape index (κ1) is 18.6. The summed E-state index contributed by atoms with van der Waals surface area (Å²) in [5.41, 5.74) is 1.01. The molecular formula is C22H27FN4O2. The lowest BCUT2D eigenvalue weighted by molar-refractivity contribution is 0.0785. The number of carbonyl (C=O) groups excluding carboxylic acids is 1. The summed E-state index contributed by atoms with van der Waals surface area (Å²) in [5, 5.41) is 3.56. The number of amides is 1. The highest BCUT2D eigenvalue weighted by Crippen LogP contribution is 2.40. The molecule has 2 saturated heterocycles. The van der Waals surface area contributed by atoms with E-state index < -0.39 is 5.82 Å². The first-order valence-electron chi connectivity index (χ1n) is 10.7. The Hall–Kier alpha value is -2.41. The van der Waals surface area contributed by atoms with Gasteiger partial charge in [-0.3, -0.25) is 9.59 Å². The summed E-state index contributed by atoms with van der Waals surface area (Å²) in [7, 11) is 0. The van der Waals surface area contributed by atoms with Crippen LogP contribution in [0.15, 0.2) is 23.1 Å². The molecule has 2 aromatic rings. The monoisotopic (exact) mass is 398 g/mol. The second-order valence-corrected chi connectivity index (χ2v) is 8.52. The van der Waals surface area contributed by atoms with Crippen molar-refractivity contribution >= 4 is 22.5 Å². The Kier molecular flexibility index (Phi) is 4.57. The van der Waals surface area contributed by atoms with Gasteiger partial charge in [-0.25, -0.2) is 4.39 Å². The van der Waals surface area contributed by atoms with E-state index in [1.807, 2.05) is 21.3 Å². The number of rotatable bonds is 3. The maximum atomic E-state index is 15.0. The van der Waals surface area contributed by atoms with E-state index in [0.29, 0.717) is 29.6 Å². The molecule has 0 unspecified atom stereocenters. The Labute approximate surface area is 169 Å². The standard InChI is InChI=1S/C22H27FN4O2/c1-2-25-13-17(22(29)27-11-14-3-4-15(14)12-27)21(28)16-9-18(23)20(10-19(16)25)26-7-5-24-6-8-26/h9-10,13-15,24H,2-8,11-12H2,1H3/t14-,15+. The number of piperazine rings is 1. The number of benzene rings is 1. The number of halogens is 1. The van der Waals surface area contributed by atoms with Crippen LogP contribution in [0, 0.1) is 17.7 Å². The fourth-order valence-electron chi connectivity index (χ4n) is 5.06. The summed E-state index contributed by atoms with van der Waals surface area (Å²) >= 11 is 0. The van der Waals surface area contributed by atoms with E-state index in [1.165, 1.54) is 18.9 Å². The number of aryl methyl sites for hydroxylation is 1. The van der Waals surface area contributed by atoms with Crippen molar-refractivity contribution in [1.82, 2.24) is 14.8 Å². The molecule has 1 amide bonds. The van der Waals surface area contributed by atoms with Crippen molar-refractivity contribution in [3.63, 3.8) is 0 Å². The molecule has 6 nitrogen and oxygen atoms in total. The minimum Gasteiger partial charge on any atom is -0.367 e. The molecule has 3 heterocycles. The number of nitrogens with zero attached hydrogens (tertiary/aromatic N) is 3. The van der Waals surface area contributed by atoms with Gasteiger partial charge in [-0.05, 0) is 43.7 Å². The molecular weight excluding hydrogens is 371 g/mol. The third kappa shape index (κ3) is 3.03. The summed E-state index contributed by atoms with van der Waals surface area (Å²) in [6, 6.07) is 3.09. The van der Waals surface area contributed by atoms with E-state index in [2.05, 4.69) is 5.32 Å². The lowest BCUT2D eigenvalue weighted by Gasteiger charge is -2.30. The number of carbonyl (C=O) groups is 1. The molecule has 2 aliphatic heterocycles. The highest BCUT2D eigenvalue weighted by atomic mass is 19.1. The van der Waals surface area contributed by atoms with Crippen LogP contribution in [0.2, 0.25) is 0 Å². The van der Waals surface area contributed by atoms with E-state index in [0.717, 1.165) is 39.3 Å². The zero-order valence-electron chi connectivity index (χ0n) is 16.8. The minimum atomic E-state index is -0.400. The number of hydrogen-bond donors (Lipinski definition) is 1. The average molecular weight is 398 g/mol. The van der Waals surface area contributed by atoms with E-state index in [1.54, 1.807) is 12.3 Å². The Morgan fingerprint density at radius 1 is 1.17 bits per heavy atom. The molecule has 0 radical (unpaired) electrons. The molecule has 0 bridgehead atoms. The normalized spacial score (nSPS) is 23.9. The number of hydrogen-bond acceptors (Lipinski definition) is 4. The van der Waals surface area contributed by atoms with Gasteiger partial charge in [-0.2, -0.15) is 0 Å². The summed E-state index contributed by atoms with van der Waals surface area (Å²) in [6.07, 6.45) is 4.02. The Balaban J connectivity index is 1.57. The molecule has 2 atom stereocenters. The maximum Gasteiger partial charge on any atom is 0.259 e. The predicted octanol–water partition coefficient (Wildman–Crippen LogP) is 2.05. The van der Waals surface area contributed by atoms with E-state index in [4.69, 9.17) is 0 Å². The van der Waals surface area contributed by atoms with Crippen LogP contribution >= 0.6 is 0 Å². The largest absolute Gasteiger partial charge is 0.367 e. The molecule has 1 aromatic carbocycles. The first-order valence-corrected chi connectivity index (χ1v) is 10.7. The number of likely N-dealkylation sites (tertiary alicyclic amines) is 1. The van der Waals surface area contributed by atoms with Gasteiger partial charge >= 0.3 is 0 Å². The zero-order chi connectivity index (χ0) is 20.1. The van der Waals surface area contributed by atoms with Crippen molar-refractivity contribution in [3.8, 4) is 0 Å². The summed E-state index contributed by atoms with van der Waals surface area (Å²) in [6.45, 7) is 7.13. The molecule has 0 spiro atoms. The molecule has 1 N–H and O–H groups in total. The Bertz CT molecular complexity index is 1020. The average Bonchev–Trinajstić information content (AvgIpc) is 3.02. The van der Waals surface area contributed by atoms with Crippen molar-refractivity contribution in [2.24, 2.45) is 11.8 Å². The highest BCUT2D eigenvalue weighted by Gasteiger charge is 2.41. The van der Waals surface area contributed by atoms with E-state index in [9.17, 15) is 14.0 Å². The molecule has 5 rings (SSSR count). The maximum absolute atomic E-state index is 15.0. The summed E-state index contributed by atoms with van der Waals surface area (Å²) in [5.74, 6) is 0.571.